The van der Waals surface area contributed by atoms with E-state index in [4.69, 9.17) is 10.8 Å². The normalized spacial score (nSPS) is 14.2. The number of para-hydroxylation sites is 1. The fourth-order valence-corrected chi connectivity index (χ4v) is 4.67. The van der Waals surface area contributed by atoms with Crippen molar-refractivity contribution in [2.45, 2.75) is 70.1 Å². The van der Waals surface area contributed by atoms with E-state index in [0.29, 0.717) is 17.7 Å². The average molecular weight is 578 g/mol. The minimum Gasteiger partial charge on any atom is -0.481 e. The summed E-state index contributed by atoms with van der Waals surface area (Å²) < 4.78 is 0. The Morgan fingerprint density at radius 2 is 1.55 bits per heavy atom. The molecule has 2 aromatic rings. The molecule has 0 aliphatic heterocycles. The summed E-state index contributed by atoms with van der Waals surface area (Å²) in [4.78, 5) is 65.2. The van der Waals surface area contributed by atoms with E-state index in [2.05, 4.69) is 20.9 Å². The molecule has 12 nitrogen and oxygen atoms in total. The van der Waals surface area contributed by atoms with Gasteiger partial charge in [0.15, 0.2) is 0 Å². The molecule has 0 fully saturated rings. The molecule has 3 amide bonds. The lowest BCUT2D eigenvalue weighted by atomic mass is 10.0. The quantitative estimate of drug-likeness (QED) is 0.144. The van der Waals surface area contributed by atoms with Crippen LogP contribution in [0, 0.1) is 5.92 Å². The SMILES string of the molecule is CSCCC(NC(=O)C(N)CC(C)C)C(=O)NC(Cc1c[nH]c2ccccc12)C(=O)NC(CCC(=O)O)C(=O)O. The molecule has 40 heavy (non-hydrogen) atoms. The summed E-state index contributed by atoms with van der Waals surface area (Å²) in [7, 11) is 0. The first-order valence-corrected chi connectivity index (χ1v) is 14.5. The number of carbonyl (C=O) groups is 5. The molecule has 1 heterocycles. The number of aliphatic carboxylic acids is 2. The highest BCUT2D eigenvalue weighted by atomic mass is 32.2. The first kappa shape index (κ1) is 32.6. The van der Waals surface area contributed by atoms with E-state index < -0.39 is 60.2 Å². The zero-order valence-electron chi connectivity index (χ0n) is 22.9. The Bertz CT molecular complexity index is 1180. The summed E-state index contributed by atoms with van der Waals surface area (Å²) in [5, 5.41) is 27.1. The number of nitrogens with one attached hydrogen (secondary N) is 4. The van der Waals surface area contributed by atoms with Crippen LogP contribution in [-0.2, 0) is 30.4 Å². The molecule has 1 aromatic carbocycles. The standard InChI is InChI=1S/C27H39N5O7S/c1-15(2)12-18(28)24(35)30-20(10-11-40-3)25(36)32-22(13-16-14-29-19-7-5-4-6-17(16)19)26(37)31-21(27(38)39)8-9-23(33)34/h4-7,14-15,18,20-22,29H,8-13,28H2,1-3H3,(H,30,35)(H,31,37)(H,32,36)(H,33,34)(H,38,39). The van der Waals surface area contributed by atoms with E-state index >= 15 is 0 Å². The predicted molar refractivity (Wildman–Crippen MR) is 153 cm³/mol. The van der Waals surface area contributed by atoms with Gasteiger partial charge in [-0.2, -0.15) is 11.8 Å². The maximum atomic E-state index is 13.4. The first-order chi connectivity index (χ1) is 18.9. The van der Waals surface area contributed by atoms with E-state index in [1.165, 1.54) is 11.8 Å². The summed E-state index contributed by atoms with van der Waals surface area (Å²) in [5.74, 6) is -3.76. The van der Waals surface area contributed by atoms with Gasteiger partial charge in [0.1, 0.15) is 18.1 Å². The summed E-state index contributed by atoms with van der Waals surface area (Å²) in [5.41, 5.74) is 7.53. The molecule has 0 saturated heterocycles. The number of rotatable bonds is 17. The third-order valence-corrected chi connectivity index (χ3v) is 6.94. The van der Waals surface area contributed by atoms with Crippen LogP contribution < -0.4 is 21.7 Å². The van der Waals surface area contributed by atoms with Gasteiger partial charge >= 0.3 is 11.9 Å². The smallest absolute Gasteiger partial charge is 0.326 e. The van der Waals surface area contributed by atoms with Gasteiger partial charge in [-0.25, -0.2) is 4.79 Å². The molecule has 2 rings (SSSR count). The van der Waals surface area contributed by atoms with Crippen molar-refractivity contribution in [1.82, 2.24) is 20.9 Å². The number of aromatic nitrogens is 1. The fraction of sp³-hybridized carbons (Fsp3) is 0.519. The zero-order valence-corrected chi connectivity index (χ0v) is 23.8. The molecule has 4 unspecified atom stereocenters. The van der Waals surface area contributed by atoms with Gasteiger partial charge < -0.3 is 36.9 Å². The van der Waals surface area contributed by atoms with Gasteiger partial charge in [-0.1, -0.05) is 32.0 Å². The molecular formula is C27H39N5O7S. The van der Waals surface area contributed by atoms with Crippen LogP contribution in [0.15, 0.2) is 30.5 Å². The van der Waals surface area contributed by atoms with Crippen molar-refractivity contribution in [3.8, 4) is 0 Å². The van der Waals surface area contributed by atoms with Crippen molar-refractivity contribution in [2.24, 2.45) is 11.7 Å². The highest BCUT2D eigenvalue weighted by molar-refractivity contribution is 7.98. The number of benzene rings is 1. The Morgan fingerprint density at radius 3 is 2.17 bits per heavy atom. The van der Waals surface area contributed by atoms with Crippen LogP contribution in [0.25, 0.3) is 10.9 Å². The molecule has 13 heteroatoms. The topological polar surface area (TPSA) is 204 Å². The lowest BCUT2D eigenvalue weighted by Gasteiger charge is -2.25. The van der Waals surface area contributed by atoms with Crippen LogP contribution in [0.2, 0.25) is 0 Å². The predicted octanol–water partition coefficient (Wildman–Crippen LogP) is 1.24. The second kappa shape index (κ2) is 15.9. The molecule has 0 aliphatic rings. The van der Waals surface area contributed by atoms with Crippen LogP contribution in [0.4, 0.5) is 0 Å². The monoisotopic (exact) mass is 577 g/mol. The van der Waals surface area contributed by atoms with E-state index in [9.17, 15) is 29.1 Å². The summed E-state index contributed by atoms with van der Waals surface area (Å²) in [6.07, 6.45) is 3.50. The molecule has 0 saturated carbocycles. The van der Waals surface area contributed by atoms with Crippen molar-refractivity contribution in [2.75, 3.05) is 12.0 Å². The molecule has 0 bridgehead atoms. The Balaban J connectivity index is 2.30. The van der Waals surface area contributed by atoms with Crippen molar-refractivity contribution >= 4 is 52.3 Å². The zero-order chi connectivity index (χ0) is 29.8. The summed E-state index contributed by atoms with van der Waals surface area (Å²) in [6, 6.07) is 2.92. The molecule has 4 atom stereocenters. The second-order valence-corrected chi connectivity index (χ2v) is 11.0. The number of carboxylic acids is 2. The third-order valence-electron chi connectivity index (χ3n) is 6.30. The number of hydrogen-bond acceptors (Lipinski definition) is 7. The lowest BCUT2D eigenvalue weighted by molar-refractivity contribution is -0.143. The van der Waals surface area contributed by atoms with Crippen LogP contribution in [0.5, 0.6) is 0 Å². The number of carbonyl (C=O) groups excluding carboxylic acids is 3. The number of fused-ring (bicyclic) bond motifs is 1. The number of amides is 3. The van der Waals surface area contributed by atoms with E-state index in [-0.39, 0.29) is 25.2 Å². The van der Waals surface area contributed by atoms with Crippen molar-refractivity contribution in [3.63, 3.8) is 0 Å². The fourth-order valence-electron chi connectivity index (χ4n) is 4.20. The third kappa shape index (κ3) is 10.2. The van der Waals surface area contributed by atoms with Gasteiger partial charge in [0.05, 0.1) is 6.04 Å². The minimum atomic E-state index is -1.47. The number of H-pyrrole nitrogens is 1. The van der Waals surface area contributed by atoms with Gasteiger partial charge in [-0.3, -0.25) is 19.2 Å². The Morgan fingerprint density at radius 1 is 0.925 bits per heavy atom. The number of hydrogen-bond donors (Lipinski definition) is 7. The van der Waals surface area contributed by atoms with Crippen LogP contribution in [0.3, 0.4) is 0 Å². The molecule has 1 aromatic heterocycles. The number of aromatic amines is 1. The Kier molecular flexibility index (Phi) is 12.9. The minimum absolute atomic E-state index is 0.0168. The number of thioether (sulfide) groups is 1. The van der Waals surface area contributed by atoms with Crippen LogP contribution in [-0.4, -0.2) is 81.0 Å². The van der Waals surface area contributed by atoms with Gasteiger partial charge in [-0.15, -0.1) is 0 Å². The maximum absolute atomic E-state index is 13.4. The van der Waals surface area contributed by atoms with Crippen LogP contribution >= 0.6 is 11.8 Å². The number of nitrogens with two attached hydrogens (primary N) is 1. The molecule has 8 N–H and O–H groups in total. The lowest BCUT2D eigenvalue weighted by Crippen LogP contribution is -2.57. The number of carboxylic acid groups (broad SMARTS) is 2. The van der Waals surface area contributed by atoms with E-state index in [0.717, 1.165) is 10.9 Å². The van der Waals surface area contributed by atoms with Gasteiger partial charge in [0.25, 0.3) is 0 Å². The van der Waals surface area contributed by atoms with Crippen LogP contribution in [0.1, 0.15) is 45.1 Å². The highest BCUT2D eigenvalue weighted by Crippen LogP contribution is 2.19. The van der Waals surface area contributed by atoms with Gasteiger partial charge in [0, 0.05) is 29.9 Å². The molecule has 0 aliphatic carbocycles. The average Bonchev–Trinajstić information content (AvgIpc) is 3.30. The first-order valence-electron chi connectivity index (χ1n) is 13.1. The maximum Gasteiger partial charge on any atom is 0.326 e. The summed E-state index contributed by atoms with van der Waals surface area (Å²) >= 11 is 1.48. The summed E-state index contributed by atoms with van der Waals surface area (Å²) in [6.45, 7) is 3.86. The van der Waals surface area contributed by atoms with Gasteiger partial charge in [0.2, 0.25) is 17.7 Å². The molecule has 220 valence electrons. The Labute approximate surface area is 237 Å². The second-order valence-electron chi connectivity index (χ2n) is 10.0. The molecule has 0 spiro atoms. The van der Waals surface area contributed by atoms with Crippen molar-refractivity contribution in [1.29, 1.82) is 0 Å². The molecule has 0 radical (unpaired) electrons. The van der Waals surface area contributed by atoms with E-state index in [1.807, 2.05) is 44.4 Å². The highest BCUT2D eigenvalue weighted by Gasteiger charge is 2.31. The Hall–Kier alpha value is -3.58. The largest absolute Gasteiger partial charge is 0.481 e. The van der Waals surface area contributed by atoms with E-state index in [1.54, 1.807) is 6.20 Å². The van der Waals surface area contributed by atoms with Crippen molar-refractivity contribution in [3.05, 3.63) is 36.0 Å². The molecular weight excluding hydrogens is 538 g/mol. The van der Waals surface area contributed by atoms with Gasteiger partial charge in [-0.05, 0) is 48.8 Å². The van der Waals surface area contributed by atoms with Crippen molar-refractivity contribution < 1.29 is 34.2 Å².